The second-order valence-electron chi connectivity index (χ2n) is 7.67. The number of aromatic amines is 1. The molecule has 0 unspecified atom stereocenters. The minimum Gasteiger partial charge on any atom is -0.468 e. The van der Waals surface area contributed by atoms with Crippen molar-refractivity contribution in [3.8, 4) is 11.1 Å². The zero-order chi connectivity index (χ0) is 21.8. The first-order valence-electron chi connectivity index (χ1n) is 10.2. The summed E-state index contributed by atoms with van der Waals surface area (Å²) in [7, 11) is 1.41. The molecule has 1 aliphatic rings. The van der Waals surface area contributed by atoms with Crippen LogP contribution in [0.1, 0.15) is 12.8 Å². The summed E-state index contributed by atoms with van der Waals surface area (Å²) in [6.45, 7) is 2.80. The van der Waals surface area contributed by atoms with Crippen LogP contribution < -0.4 is 10.9 Å². The van der Waals surface area contributed by atoms with Crippen molar-refractivity contribution in [2.45, 2.75) is 12.8 Å². The minimum absolute atomic E-state index is 0.201. The van der Waals surface area contributed by atoms with Crippen LogP contribution in [0, 0.1) is 5.92 Å². The van der Waals surface area contributed by atoms with Gasteiger partial charge in [0, 0.05) is 34.3 Å². The maximum atomic E-state index is 12.6. The Bertz CT molecular complexity index is 1140. The summed E-state index contributed by atoms with van der Waals surface area (Å²) in [5, 5.41) is 4.52. The highest BCUT2D eigenvalue weighted by Gasteiger charge is 2.21. The Hall–Kier alpha value is -2.97. The summed E-state index contributed by atoms with van der Waals surface area (Å²) >= 11 is 6.24. The minimum atomic E-state index is -0.247. The van der Waals surface area contributed by atoms with E-state index in [1.165, 1.54) is 7.11 Å². The van der Waals surface area contributed by atoms with Crippen molar-refractivity contribution in [1.82, 2.24) is 19.9 Å². The van der Waals surface area contributed by atoms with Crippen LogP contribution in [0.2, 0.25) is 5.02 Å². The number of methoxy groups -OCH3 is 1. The summed E-state index contributed by atoms with van der Waals surface area (Å²) < 4.78 is 4.73. The molecule has 0 spiro atoms. The fourth-order valence-corrected chi connectivity index (χ4v) is 4.03. The van der Waals surface area contributed by atoms with Crippen molar-refractivity contribution in [3.63, 3.8) is 0 Å². The average molecular weight is 442 g/mol. The van der Waals surface area contributed by atoms with E-state index in [9.17, 15) is 9.59 Å². The third-order valence-corrected chi connectivity index (χ3v) is 5.92. The molecule has 0 atom stereocenters. The number of pyridine rings is 1. The molecule has 3 aromatic rings. The number of rotatable bonds is 6. The summed E-state index contributed by atoms with van der Waals surface area (Å²) in [4.78, 5) is 37.8. The molecule has 2 N–H and O–H groups in total. The fraction of sp³-hybridized carbons (Fsp3) is 0.364. The van der Waals surface area contributed by atoms with Crippen molar-refractivity contribution >= 4 is 34.6 Å². The third-order valence-electron chi connectivity index (χ3n) is 5.59. The van der Waals surface area contributed by atoms with Crippen LogP contribution in [0.15, 0.2) is 41.3 Å². The van der Waals surface area contributed by atoms with Gasteiger partial charge in [0.1, 0.15) is 5.65 Å². The quantitative estimate of drug-likeness (QED) is 0.567. The summed E-state index contributed by atoms with van der Waals surface area (Å²) in [5.41, 5.74) is 1.39. The van der Waals surface area contributed by atoms with Crippen LogP contribution in [0.5, 0.6) is 0 Å². The number of hydrogen-bond donors (Lipinski definition) is 2. The number of nitrogens with zero attached hydrogens (tertiary/aromatic N) is 3. The molecule has 0 saturated carbocycles. The molecule has 2 aromatic heterocycles. The van der Waals surface area contributed by atoms with Crippen LogP contribution in [0.4, 0.5) is 5.95 Å². The predicted molar refractivity (Wildman–Crippen MR) is 120 cm³/mol. The third kappa shape index (κ3) is 5.03. The number of carbonyl (C=O) groups excluding carboxylic acids is 1. The summed E-state index contributed by atoms with van der Waals surface area (Å²) in [6.07, 6.45) is 3.66. The van der Waals surface area contributed by atoms with Crippen molar-refractivity contribution in [3.05, 3.63) is 51.9 Å². The molecule has 1 saturated heterocycles. The van der Waals surface area contributed by atoms with E-state index in [4.69, 9.17) is 16.3 Å². The van der Waals surface area contributed by atoms with Crippen LogP contribution in [-0.4, -0.2) is 59.1 Å². The zero-order valence-electron chi connectivity index (χ0n) is 17.2. The molecule has 1 aromatic carbocycles. The van der Waals surface area contributed by atoms with Gasteiger partial charge in [0.15, 0.2) is 0 Å². The number of nitrogens with one attached hydrogen (secondary N) is 2. The molecule has 0 amide bonds. The molecule has 3 heterocycles. The molecule has 8 nitrogen and oxygen atoms in total. The highest BCUT2D eigenvalue weighted by atomic mass is 35.5. The van der Waals surface area contributed by atoms with E-state index in [2.05, 4.69) is 25.2 Å². The Labute approximate surface area is 184 Å². The lowest BCUT2D eigenvalue weighted by Crippen LogP contribution is -2.39. The number of fused-ring (bicyclic) bond motifs is 1. The first-order valence-corrected chi connectivity index (χ1v) is 10.6. The average Bonchev–Trinajstić information content (AvgIpc) is 2.78. The van der Waals surface area contributed by atoms with E-state index in [0.717, 1.165) is 37.9 Å². The van der Waals surface area contributed by atoms with Gasteiger partial charge in [-0.2, -0.15) is 4.98 Å². The standard InChI is InChI=1S/C22H24ClN5O3/c1-31-19(29)13-28-8-6-14(7-9-28)11-24-22-25-12-15-10-17(21(30)26-20(15)27-22)16-4-2-3-5-18(16)23/h2-5,10,12,14H,6-9,11,13H2,1H3,(H2,24,25,26,27,30). The Morgan fingerprint density at radius 1 is 1.29 bits per heavy atom. The number of hydrogen-bond acceptors (Lipinski definition) is 7. The molecule has 0 aliphatic carbocycles. The lowest BCUT2D eigenvalue weighted by molar-refractivity contribution is -0.142. The van der Waals surface area contributed by atoms with Crippen molar-refractivity contribution in [2.75, 3.05) is 38.6 Å². The number of ether oxygens (including phenoxy) is 1. The first kappa shape index (κ1) is 21.3. The van der Waals surface area contributed by atoms with E-state index in [1.54, 1.807) is 18.3 Å². The largest absolute Gasteiger partial charge is 0.468 e. The SMILES string of the molecule is COC(=O)CN1CCC(CNc2ncc3cc(-c4ccccc4Cl)c(=O)[nH]c3n2)CC1. The molecule has 0 radical (unpaired) electrons. The molecule has 1 aliphatic heterocycles. The normalized spacial score (nSPS) is 15.2. The number of carbonyl (C=O) groups is 1. The van der Waals surface area contributed by atoms with Gasteiger partial charge >= 0.3 is 5.97 Å². The lowest BCUT2D eigenvalue weighted by Gasteiger charge is -2.31. The van der Waals surface area contributed by atoms with Gasteiger partial charge in [0.05, 0.1) is 13.7 Å². The van der Waals surface area contributed by atoms with Gasteiger partial charge in [-0.05, 0) is 44.0 Å². The Morgan fingerprint density at radius 2 is 2.06 bits per heavy atom. The molecule has 4 rings (SSSR count). The second kappa shape index (κ2) is 9.45. The molecular formula is C22H24ClN5O3. The van der Waals surface area contributed by atoms with E-state index < -0.39 is 0 Å². The number of piperidine rings is 1. The van der Waals surface area contributed by atoms with Crippen molar-refractivity contribution in [1.29, 1.82) is 0 Å². The molecule has 31 heavy (non-hydrogen) atoms. The van der Waals surface area contributed by atoms with Gasteiger partial charge in [-0.15, -0.1) is 0 Å². The van der Waals surface area contributed by atoms with Gasteiger partial charge in [0.2, 0.25) is 5.95 Å². The molecular weight excluding hydrogens is 418 g/mol. The zero-order valence-corrected chi connectivity index (χ0v) is 18.0. The smallest absolute Gasteiger partial charge is 0.319 e. The van der Waals surface area contributed by atoms with E-state index >= 15 is 0 Å². The monoisotopic (exact) mass is 441 g/mol. The number of aromatic nitrogens is 3. The number of H-pyrrole nitrogens is 1. The summed E-state index contributed by atoms with van der Waals surface area (Å²) in [6, 6.07) is 8.99. The Morgan fingerprint density at radius 3 is 2.81 bits per heavy atom. The topological polar surface area (TPSA) is 100 Å². The highest BCUT2D eigenvalue weighted by molar-refractivity contribution is 6.33. The van der Waals surface area contributed by atoms with Gasteiger partial charge < -0.3 is 15.0 Å². The molecule has 162 valence electrons. The molecule has 9 heteroatoms. The van der Waals surface area contributed by atoms with Gasteiger partial charge in [0.25, 0.3) is 5.56 Å². The number of esters is 1. The van der Waals surface area contributed by atoms with Gasteiger partial charge in [-0.1, -0.05) is 29.8 Å². The first-order chi connectivity index (χ1) is 15.0. The number of benzene rings is 1. The van der Waals surface area contributed by atoms with Crippen molar-refractivity contribution < 1.29 is 9.53 Å². The maximum Gasteiger partial charge on any atom is 0.319 e. The predicted octanol–water partition coefficient (Wildman–Crippen LogP) is 2.94. The highest BCUT2D eigenvalue weighted by Crippen LogP contribution is 2.26. The van der Waals surface area contributed by atoms with Crippen LogP contribution in [0.3, 0.4) is 0 Å². The molecule has 0 bridgehead atoms. The number of anilines is 1. The van der Waals surface area contributed by atoms with Crippen LogP contribution >= 0.6 is 11.6 Å². The maximum absolute atomic E-state index is 12.6. The van der Waals surface area contributed by atoms with Gasteiger partial charge in [-0.3, -0.25) is 14.5 Å². The van der Waals surface area contributed by atoms with Gasteiger partial charge in [-0.25, -0.2) is 4.98 Å². The van der Waals surface area contributed by atoms with E-state index in [0.29, 0.717) is 40.2 Å². The number of likely N-dealkylation sites (tertiary alicyclic amines) is 1. The van der Waals surface area contributed by atoms with Crippen molar-refractivity contribution in [2.24, 2.45) is 5.92 Å². The Kier molecular flexibility index (Phi) is 6.48. The van der Waals surface area contributed by atoms with Crippen LogP contribution in [-0.2, 0) is 9.53 Å². The second-order valence-corrected chi connectivity index (χ2v) is 8.07. The molecule has 1 fully saturated rings. The van der Waals surface area contributed by atoms with E-state index in [-0.39, 0.29) is 11.5 Å². The fourth-order valence-electron chi connectivity index (χ4n) is 3.79. The van der Waals surface area contributed by atoms with Crippen LogP contribution in [0.25, 0.3) is 22.2 Å². The number of halogens is 1. The Balaban J connectivity index is 1.41. The van der Waals surface area contributed by atoms with E-state index in [1.807, 2.05) is 18.2 Å². The lowest BCUT2D eigenvalue weighted by atomic mass is 9.97. The summed E-state index contributed by atoms with van der Waals surface area (Å²) in [5.74, 6) is 0.744.